The summed E-state index contributed by atoms with van der Waals surface area (Å²) in [5.74, 6) is 0. The fourth-order valence-corrected chi connectivity index (χ4v) is 1.65. The third kappa shape index (κ3) is 4.45. The van der Waals surface area contributed by atoms with E-state index in [-0.39, 0.29) is 0 Å². The smallest absolute Gasteiger partial charge is 0.00793 e. The van der Waals surface area contributed by atoms with E-state index in [1.54, 1.807) is 0 Å². The second kappa shape index (κ2) is 5.89. The third-order valence-electron chi connectivity index (χ3n) is 2.75. The molecule has 0 radical (unpaired) electrons. The summed E-state index contributed by atoms with van der Waals surface area (Å²) >= 11 is 0. The molecule has 1 aromatic carbocycles. The second-order valence-corrected chi connectivity index (χ2v) is 4.21. The molecule has 0 aliphatic heterocycles. The summed E-state index contributed by atoms with van der Waals surface area (Å²) in [5.41, 5.74) is 1.42. The summed E-state index contributed by atoms with van der Waals surface area (Å²) in [7, 11) is 0. The molecule has 0 saturated heterocycles. The monoisotopic (exact) mass is 204 g/mol. The van der Waals surface area contributed by atoms with Crippen molar-refractivity contribution in [1.82, 2.24) is 10.6 Å². The van der Waals surface area contributed by atoms with E-state index >= 15 is 0 Å². The van der Waals surface area contributed by atoms with E-state index in [9.17, 15) is 0 Å². The topological polar surface area (TPSA) is 24.1 Å². The molecule has 0 amide bonds. The maximum atomic E-state index is 3.49. The Hall–Kier alpha value is -0.860. The molecule has 1 saturated carbocycles. The van der Waals surface area contributed by atoms with Crippen LogP contribution >= 0.6 is 0 Å². The molecule has 0 aromatic heterocycles. The molecule has 1 aliphatic rings. The van der Waals surface area contributed by atoms with Crippen molar-refractivity contribution in [3.63, 3.8) is 0 Å². The first-order valence-corrected chi connectivity index (χ1v) is 5.93. The van der Waals surface area contributed by atoms with Crippen LogP contribution in [0.2, 0.25) is 0 Å². The van der Waals surface area contributed by atoms with Crippen molar-refractivity contribution in [3.05, 3.63) is 35.9 Å². The van der Waals surface area contributed by atoms with Crippen LogP contribution in [-0.4, -0.2) is 25.7 Å². The first-order chi connectivity index (χ1) is 7.45. The average Bonchev–Trinajstić information content (AvgIpc) is 3.09. The lowest BCUT2D eigenvalue weighted by atomic mass is 10.1. The zero-order valence-corrected chi connectivity index (χ0v) is 9.21. The SMILES string of the molecule is c1ccc(CCNCCNC2CC2)cc1. The van der Waals surface area contributed by atoms with Gasteiger partial charge in [-0.1, -0.05) is 30.3 Å². The minimum atomic E-state index is 0.834. The zero-order chi connectivity index (χ0) is 10.3. The summed E-state index contributed by atoms with van der Waals surface area (Å²) in [5, 5.41) is 6.95. The van der Waals surface area contributed by atoms with Crippen molar-refractivity contribution >= 4 is 0 Å². The summed E-state index contributed by atoms with van der Waals surface area (Å²) in [4.78, 5) is 0. The van der Waals surface area contributed by atoms with Gasteiger partial charge >= 0.3 is 0 Å². The minimum Gasteiger partial charge on any atom is -0.315 e. The van der Waals surface area contributed by atoms with Gasteiger partial charge in [0, 0.05) is 19.1 Å². The lowest BCUT2D eigenvalue weighted by Gasteiger charge is -2.05. The summed E-state index contributed by atoms with van der Waals surface area (Å²) < 4.78 is 0. The van der Waals surface area contributed by atoms with Gasteiger partial charge in [-0.05, 0) is 31.4 Å². The van der Waals surface area contributed by atoms with Crippen molar-refractivity contribution in [3.8, 4) is 0 Å². The molecule has 0 unspecified atom stereocenters. The van der Waals surface area contributed by atoms with Gasteiger partial charge in [0.15, 0.2) is 0 Å². The van der Waals surface area contributed by atoms with Crippen LogP contribution in [0.15, 0.2) is 30.3 Å². The van der Waals surface area contributed by atoms with E-state index in [1.165, 1.54) is 18.4 Å². The Morgan fingerprint density at radius 1 is 1.00 bits per heavy atom. The highest BCUT2D eigenvalue weighted by atomic mass is 15.0. The van der Waals surface area contributed by atoms with Gasteiger partial charge in [-0.2, -0.15) is 0 Å². The molecule has 82 valence electrons. The first kappa shape index (κ1) is 10.7. The molecule has 1 fully saturated rings. The number of nitrogens with one attached hydrogen (secondary N) is 2. The van der Waals surface area contributed by atoms with Crippen LogP contribution in [0, 0.1) is 0 Å². The van der Waals surface area contributed by atoms with Crippen molar-refractivity contribution < 1.29 is 0 Å². The highest BCUT2D eigenvalue weighted by Crippen LogP contribution is 2.17. The molecule has 2 rings (SSSR count). The molecule has 2 heteroatoms. The largest absolute Gasteiger partial charge is 0.315 e. The molecule has 2 N–H and O–H groups in total. The van der Waals surface area contributed by atoms with E-state index in [2.05, 4.69) is 41.0 Å². The predicted molar refractivity (Wildman–Crippen MR) is 64.0 cm³/mol. The molecule has 0 spiro atoms. The molecular weight excluding hydrogens is 184 g/mol. The normalized spacial score (nSPS) is 15.5. The van der Waals surface area contributed by atoms with E-state index in [0.29, 0.717) is 0 Å². The van der Waals surface area contributed by atoms with Gasteiger partial charge in [0.25, 0.3) is 0 Å². The van der Waals surface area contributed by atoms with Crippen LogP contribution in [-0.2, 0) is 6.42 Å². The van der Waals surface area contributed by atoms with Gasteiger partial charge in [-0.3, -0.25) is 0 Å². The van der Waals surface area contributed by atoms with Crippen LogP contribution in [0.3, 0.4) is 0 Å². The first-order valence-electron chi connectivity index (χ1n) is 5.93. The summed E-state index contributed by atoms with van der Waals surface area (Å²) in [6.07, 6.45) is 3.89. The van der Waals surface area contributed by atoms with Gasteiger partial charge in [0.1, 0.15) is 0 Å². The van der Waals surface area contributed by atoms with Crippen molar-refractivity contribution in [2.24, 2.45) is 0 Å². The highest BCUT2D eigenvalue weighted by molar-refractivity contribution is 5.14. The standard InChI is InChI=1S/C13H20N2/c1-2-4-12(5-3-1)8-9-14-10-11-15-13-6-7-13/h1-5,13-15H,6-11H2. The van der Waals surface area contributed by atoms with Gasteiger partial charge in [-0.15, -0.1) is 0 Å². The third-order valence-corrected chi connectivity index (χ3v) is 2.75. The van der Waals surface area contributed by atoms with E-state index < -0.39 is 0 Å². The van der Waals surface area contributed by atoms with Crippen molar-refractivity contribution in [2.45, 2.75) is 25.3 Å². The highest BCUT2D eigenvalue weighted by Gasteiger charge is 2.19. The van der Waals surface area contributed by atoms with Gasteiger partial charge in [0.05, 0.1) is 0 Å². The predicted octanol–water partition coefficient (Wildman–Crippen LogP) is 1.57. The van der Waals surface area contributed by atoms with Gasteiger partial charge < -0.3 is 10.6 Å². The van der Waals surface area contributed by atoms with Crippen molar-refractivity contribution in [1.29, 1.82) is 0 Å². The Morgan fingerprint density at radius 3 is 2.53 bits per heavy atom. The Bertz CT molecular complexity index is 267. The van der Waals surface area contributed by atoms with Crippen LogP contribution in [0.5, 0.6) is 0 Å². The number of benzene rings is 1. The average molecular weight is 204 g/mol. The Balaban J connectivity index is 1.47. The minimum absolute atomic E-state index is 0.834. The van der Waals surface area contributed by atoms with E-state index in [1.807, 2.05) is 0 Å². The molecule has 1 aromatic rings. The summed E-state index contributed by atoms with van der Waals surface area (Å²) in [6.45, 7) is 3.28. The molecule has 0 bridgehead atoms. The molecule has 0 atom stereocenters. The molecule has 0 heterocycles. The quantitative estimate of drug-likeness (QED) is 0.659. The van der Waals surface area contributed by atoms with Crippen molar-refractivity contribution in [2.75, 3.05) is 19.6 Å². The Labute approximate surface area is 92.1 Å². The molecule has 15 heavy (non-hydrogen) atoms. The fraction of sp³-hybridized carbons (Fsp3) is 0.538. The fourth-order valence-electron chi connectivity index (χ4n) is 1.65. The summed E-state index contributed by atoms with van der Waals surface area (Å²) in [6, 6.07) is 11.5. The van der Waals surface area contributed by atoms with Crippen LogP contribution in [0.25, 0.3) is 0 Å². The molecular formula is C13H20N2. The zero-order valence-electron chi connectivity index (χ0n) is 9.21. The number of rotatable bonds is 7. The van der Waals surface area contributed by atoms with E-state index in [0.717, 1.165) is 32.1 Å². The number of hydrogen-bond donors (Lipinski definition) is 2. The lowest BCUT2D eigenvalue weighted by molar-refractivity contribution is 0.609. The molecule has 2 nitrogen and oxygen atoms in total. The van der Waals surface area contributed by atoms with E-state index in [4.69, 9.17) is 0 Å². The second-order valence-electron chi connectivity index (χ2n) is 4.21. The maximum Gasteiger partial charge on any atom is 0.00793 e. The lowest BCUT2D eigenvalue weighted by Crippen LogP contribution is -2.29. The van der Waals surface area contributed by atoms with Crippen LogP contribution in [0.1, 0.15) is 18.4 Å². The molecule has 1 aliphatic carbocycles. The number of hydrogen-bond acceptors (Lipinski definition) is 2. The van der Waals surface area contributed by atoms with Crippen LogP contribution < -0.4 is 10.6 Å². The maximum absolute atomic E-state index is 3.49. The Morgan fingerprint density at radius 2 is 1.80 bits per heavy atom. The van der Waals surface area contributed by atoms with Crippen LogP contribution in [0.4, 0.5) is 0 Å². The van der Waals surface area contributed by atoms with Gasteiger partial charge in [0.2, 0.25) is 0 Å². The Kier molecular flexibility index (Phi) is 4.18. The van der Waals surface area contributed by atoms with Gasteiger partial charge in [-0.25, -0.2) is 0 Å².